The van der Waals surface area contributed by atoms with Crippen molar-refractivity contribution in [3.05, 3.63) is 42.0 Å². The van der Waals surface area contributed by atoms with Crippen molar-refractivity contribution in [1.29, 1.82) is 0 Å². The molecule has 106 valence electrons. The molecule has 2 aromatic rings. The van der Waals surface area contributed by atoms with E-state index < -0.39 is 0 Å². The van der Waals surface area contributed by atoms with E-state index in [0.717, 1.165) is 30.6 Å². The zero-order valence-corrected chi connectivity index (χ0v) is 12.0. The molecule has 2 N–H and O–H groups in total. The molecule has 0 radical (unpaired) electrons. The molecule has 1 fully saturated rings. The molecular weight excluding hydrogens is 248 g/mol. The third kappa shape index (κ3) is 2.79. The normalized spacial score (nSPS) is 17.6. The van der Waals surface area contributed by atoms with Gasteiger partial charge in [-0.15, -0.1) is 0 Å². The van der Waals surface area contributed by atoms with Crippen LogP contribution < -0.4 is 5.32 Å². The molecular formula is C17H22N2O. The lowest BCUT2D eigenvalue weighted by molar-refractivity contribution is 0.234. The molecule has 20 heavy (non-hydrogen) atoms. The lowest BCUT2D eigenvalue weighted by atomic mass is 10.0. The summed E-state index contributed by atoms with van der Waals surface area (Å²) in [5.74, 6) is 0.393. The van der Waals surface area contributed by atoms with Crippen LogP contribution in [0.3, 0.4) is 0 Å². The topological polar surface area (TPSA) is 35.5 Å². The van der Waals surface area contributed by atoms with Crippen LogP contribution in [-0.2, 0) is 6.54 Å². The Kier molecular flexibility index (Phi) is 3.90. The first-order chi connectivity index (χ1) is 9.74. The monoisotopic (exact) mass is 270 g/mol. The zero-order chi connectivity index (χ0) is 13.9. The minimum Gasteiger partial charge on any atom is -0.508 e. The summed E-state index contributed by atoms with van der Waals surface area (Å²) in [6.45, 7) is 3.04. The molecule has 0 aromatic heterocycles. The Balaban J connectivity index is 1.75. The molecule has 2 aromatic carbocycles. The maximum atomic E-state index is 10.1. The van der Waals surface area contributed by atoms with Crippen LogP contribution >= 0.6 is 0 Å². The fourth-order valence-corrected chi connectivity index (χ4v) is 2.97. The summed E-state index contributed by atoms with van der Waals surface area (Å²) < 4.78 is 0. The molecule has 3 nitrogen and oxygen atoms in total. The average Bonchev–Trinajstić information content (AvgIpc) is 2.48. The van der Waals surface area contributed by atoms with Crippen LogP contribution in [0.25, 0.3) is 10.8 Å². The van der Waals surface area contributed by atoms with Crippen LogP contribution in [0.1, 0.15) is 18.4 Å². The highest BCUT2D eigenvalue weighted by molar-refractivity contribution is 5.87. The van der Waals surface area contributed by atoms with Gasteiger partial charge in [0.1, 0.15) is 5.75 Å². The van der Waals surface area contributed by atoms with Gasteiger partial charge in [0.15, 0.2) is 0 Å². The number of rotatable bonds is 3. The first kappa shape index (κ1) is 13.4. The van der Waals surface area contributed by atoms with E-state index in [4.69, 9.17) is 0 Å². The average molecular weight is 270 g/mol. The lowest BCUT2D eigenvalue weighted by Crippen LogP contribution is -2.40. The molecule has 1 saturated heterocycles. The van der Waals surface area contributed by atoms with Crippen LogP contribution in [-0.4, -0.2) is 36.2 Å². The van der Waals surface area contributed by atoms with Crippen molar-refractivity contribution >= 4 is 10.8 Å². The summed E-state index contributed by atoms with van der Waals surface area (Å²) >= 11 is 0. The summed E-state index contributed by atoms with van der Waals surface area (Å²) in [4.78, 5) is 2.37. The summed E-state index contributed by atoms with van der Waals surface area (Å²) in [7, 11) is 2.17. The Morgan fingerprint density at radius 2 is 1.90 bits per heavy atom. The fraction of sp³-hybridized carbons (Fsp3) is 0.412. The Labute approximate surface area is 120 Å². The standard InChI is InChI=1S/C17H22N2O/c1-19-10-8-14(9-11-19)18-12-16-15-5-3-2-4-13(15)6-7-17(16)20/h2-7,14,18,20H,8-12H2,1H3. The Bertz CT molecular complexity index is 589. The van der Waals surface area contributed by atoms with Crippen molar-refractivity contribution in [1.82, 2.24) is 10.2 Å². The molecule has 1 heterocycles. The molecule has 0 unspecified atom stereocenters. The quantitative estimate of drug-likeness (QED) is 0.900. The maximum Gasteiger partial charge on any atom is 0.120 e. The number of fused-ring (bicyclic) bond motifs is 1. The van der Waals surface area contributed by atoms with E-state index in [1.165, 1.54) is 18.2 Å². The van der Waals surface area contributed by atoms with Crippen molar-refractivity contribution in [3.63, 3.8) is 0 Å². The van der Waals surface area contributed by atoms with Gasteiger partial charge in [-0.05, 0) is 49.8 Å². The molecule has 3 heteroatoms. The van der Waals surface area contributed by atoms with Crippen molar-refractivity contribution in [2.75, 3.05) is 20.1 Å². The summed E-state index contributed by atoms with van der Waals surface area (Å²) in [6.07, 6.45) is 2.37. The van der Waals surface area contributed by atoms with Gasteiger partial charge >= 0.3 is 0 Å². The number of phenolic OH excluding ortho intramolecular Hbond substituents is 1. The molecule has 1 aliphatic heterocycles. The second-order valence-electron chi connectivity index (χ2n) is 5.74. The van der Waals surface area contributed by atoms with Crippen molar-refractivity contribution in [3.8, 4) is 5.75 Å². The van der Waals surface area contributed by atoms with Gasteiger partial charge in [0, 0.05) is 18.2 Å². The van der Waals surface area contributed by atoms with Gasteiger partial charge in [-0.25, -0.2) is 0 Å². The van der Waals surface area contributed by atoms with Gasteiger partial charge in [0.05, 0.1) is 0 Å². The SMILES string of the molecule is CN1CCC(NCc2c(O)ccc3ccccc23)CC1. The van der Waals surface area contributed by atoms with Gasteiger partial charge in [0.25, 0.3) is 0 Å². The van der Waals surface area contributed by atoms with E-state index in [0.29, 0.717) is 11.8 Å². The minimum atomic E-state index is 0.393. The molecule has 0 saturated carbocycles. The van der Waals surface area contributed by atoms with E-state index >= 15 is 0 Å². The molecule has 0 spiro atoms. The van der Waals surface area contributed by atoms with Crippen molar-refractivity contribution < 1.29 is 5.11 Å². The van der Waals surface area contributed by atoms with Gasteiger partial charge in [0.2, 0.25) is 0 Å². The number of benzene rings is 2. The second-order valence-corrected chi connectivity index (χ2v) is 5.74. The van der Waals surface area contributed by atoms with Crippen molar-refractivity contribution in [2.24, 2.45) is 0 Å². The summed E-state index contributed by atoms with van der Waals surface area (Å²) in [5.41, 5.74) is 1.02. The van der Waals surface area contributed by atoms with E-state index in [-0.39, 0.29) is 0 Å². The molecule has 0 atom stereocenters. The number of nitrogens with zero attached hydrogens (tertiary/aromatic N) is 1. The second kappa shape index (κ2) is 5.81. The zero-order valence-electron chi connectivity index (χ0n) is 12.0. The van der Waals surface area contributed by atoms with E-state index in [9.17, 15) is 5.11 Å². The van der Waals surface area contributed by atoms with Gasteiger partial charge < -0.3 is 15.3 Å². The van der Waals surface area contributed by atoms with Crippen LogP contribution in [0.5, 0.6) is 5.75 Å². The van der Waals surface area contributed by atoms with Gasteiger partial charge in [-0.3, -0.25) is 0 Å². The Morgan fingerprint density at radius 3 is 2.70 bits per heavy atom. The van der Waals surface area contributed by atoms with Crippen LogP contribution in [0.4, 0.5) is 0 Å². The molecule has 3 rings (SSSR count). The molecule has 0 amide bonds. The molecule has 1 aliphatic rings. The van der Waals surface area contributed by atoms with Crippen LogP contribution in [0.2, 0.25) is 0 Å². The fourth-order valence-electron chi connectivity index (χ4n) is 2.97. The highest BCUT2D eigenvalue weighted by Gasteiger charge is 2.16. The first-order valence-corrected chi connectivity index (χ1v) is 7.35. The maximum absolute atomic E-state index is 10.1. The number of aromatic hydroxyl groups is 1. The van der Waals surface area contributed by atoms with Crippen LogP contribution in [0.15, 0.2) is 36.4 Å². The van der Waals surface area contributed by atoms with E-state index in [2.05, 4.69) is 29.4 Å². The number of likely N-dealkylation sites (tertiary alicyclic amines) is 1. The summed E-state index contributed by atoms with van der Waals surface area (Å²) in [5, 5.41) is 16.1. The Hall–Kier alpha value is -1.58. The molecule has 0 aliphatic carbocycles. The third-order valence-electron chi connectivity index (χ3n) is 4.30. The number of hydrogen-bond acceptors (Lipinski definition) is 3. The highest BCUT2D eigenvalue weighted by atomic mass is 16.3. The Morgan fingerprint density at radius 1 is 1.15 bits per heavy atom. The predicted molar refractivity (Wildman–Crippen MR) is 83.0 cm³/mol. The van der Waals surface area contributed by atoms with Gasteiger partial charge in [-0.1, -0.05) is 30.3 Å². The van der Waals surface area contributed by atoms with Crippen LogP contribution in [0, 0.1) is 0 Å². The minimum absolute atomic E-state index is 0.393. The number of phenols is 1. The van der Waals surface area contributed by atoms with E-state index in [1.807, 2.05) is 18.2 Å². The predicted octanol–water partition coefficient (Wildman–Crippen LogP) is 2.73. The lowest BCUT2D eigenvalue weighted by Gasteiger charge is -2.29. The van der Waals surface area contributed by atoms with E-state index in [1.54, 1.807) is 6.07 Å². The van der Waals surface area contributed by atoms with Gasteiger partial charge in [-0.2, -0.15) is 0 Å². The summed E-state index contributed by atoms with van der Waals surface area (Å²) in [6, 6.07) is 12.6. The number of piperidine rings is 1. The first-order valence-electron chi connectivity index (χ1n) is 7.35. The van der Waals surface area contributed by atoms with Crippen molar-refractivity contribution in [2.45, 2.75) is 25.4 Å². The molecule has 0 bridgehead atoms. The number of nitrogens with one attached hydrogen (secondary N) is 1. The third-order valence-corrected chi connectivity index (χ3v) is 4.30. The largest absolute Gasteiger partial charge is 0.508 e. The smallest absolute Gasteiger partial charge is 0.120 e. The highest BCUT2D eigenvalue weighted by Crippen LogP contribution is 2.27. The number of hydrogen-bond donors (Lipinski definition) is 2.